The number of carbonyl (C=O) groups excluding carboxylic acids is 1. The van der Waals surface area contributed by atoms with Crippen LogP contribution >= 0.6 is 11.6 Å². The number of carbonyl (C=O) groups is 1. The van der Waals surface area contributed by atoms with Gasteiger partial charge in [-0.2, -0.15) is 0 Å². The molecule has 0 unspecified atom stereocenters. The Kier molecular flexibility index (Phi) is 2.92. The SMILES string of the molecule is NC(=O)c1cc(Cl)ccc1B(O)O. The molecular formula is C7H7BClNO3. The van der Waals surface area contributed by atoms with Crippen molar-refractivity contribution < 1.29 is 14.8 Å². The largest absolute Gasteiger partial charge is 0.489 e. The van der Waals surface area contributed by atoms with E-state index in [9.17, 15) is 4.79 Å². The van der Waals surface area contributed by atoms with Crippen molar-refractivity contribution in [2.75, 3.05) is 0 Å². The number of amides is 1. The molecule has 1 rings (SSSR count). The summed E-state index contributed by atoms with van der Waals surface area (Å²) in [6, 6.07) is 4.08. The second kappa shape index (κ2) is 3.78. The van der Waals surface area contributed by atoms with Crippen molar-refractivity contribution in [3.63, 3.8) is 0 Å². The van der Waals surface area contributed by atoms with Gasteiger partial charge in [-0.15, -0.1) is 0 Å². The first-order valence-corrected chi connectivity index (χ1v) is 3.85. The minimum Gasteiger partial charge on any atom is -0.423 e. The van der Waals surface area contributed by atoms with Crippen molar-refractivity contribution in [2.24, 2.45) is 5.73 Å². The van der Waals surface area contributed by atoms with Gasteiger partial charge in [0.2, 0.25) is 5.91 Å². The van der Waals surface area contributed by atoms with E-state index in [4.69, 9.17) is 27.4 Å². The molecule has 0 aliphatic heterocycles. The first kappa shape index (κ1) is 10.0. The second-order valence-electron chi connectivity index (χ2n) is 2.47. The number of halogens is 1. The normalized spacial score (nSPS) is 9.77. The lowest BCUT2D eigenvalue weighted by molar-refractivity contribution is 0.100. The van der Waals surface area contributed by atoms with Gasteiger partial charge in [0.25, 0.3) is 0 Å². The van der Waals surface area contributed by atoms with Gasteiger partial charge in [0, 0.05) is 10.6 Å². The maximum absolute atomic E-state index is 10.8. The third-order valence-electron chi connectivity index (χ3n) is 1.56. The molecule has 4 nitrogen and oxygen atoms in total. The van der Waals surface area contributed by atoms with Gasteiger partial charge in [-0.05, 0) is 17.6 Å². The summed E-state index contributed by atoms with van der Waals surface area (Å²) in [7, 11) is -1.72. The molecule has 1 amide bonds. The van der Waals surface area contributed by atoms with E-state index in [0.717, 1.165) is 0 Å². The summed E-state index contributed by atoms with van der Waals surface area (Å²) in [5.41, 5.74) is 5.07. The summed E-state index contributed by atoms with van der Waals surface area (Å²) < 4.78 is 0. The first-order chi connectivity index (χ1) is 6.02. The number of hydrogen-bond acceptors (Lipinski definition) is 3. The zero-order valence-electron chi connectivity index (χ0n) is 6.57. The summed E-state index contributed by atoms with van der Waals surface area (Å²) in [5, 5.41) is 18.0. The molecule has 0 aliphatic rings. The van der Waals surface area contributed by atoms with Gasteiger partial charge < -0.3 is 15.8 Å². The van der Waals surface area contributed by atoms with Crippen LogP contribution in [0, 0.1) is 0 Å². The predicted octanol–water partition coefficient (Wildman–Crippen LogP) is -0.881. The Morgan fingerprint density at radius 2 is 2.08 bits per heavy atom. The Morgan fingerprint density at radius 3 is 2.54 bits per heavy atom. The van der Waals surface area contributed by atoms with Gasteiger partial charge in [-0.3, -0.25) is 4.79 Å². The topological polar surface area (TPSA) is 83.6 Å². The molecule has 0 saturated carbocycles. The Labute approximate surface area is 80.1 Å². The van der Waals surface area contributed by atoms with Gasteiger partial charge in [0.15, 0.2) is 0 Å². The number of hydrogen-bond donors (Lipinski definition) is 3. The fraction of sp³-hybridized carbons (Fsp3) is 0. The molecule has 0 bridgehead atoms. The van der Waals surface area contributed by atoms with Crippen LogP contribution in [0.2, 0.25) is 5.02 Å². The van der Waals surface area contributed by atoms with E-state index in [0.29, 0.717) is 5.02 Å². The molecule has 0 spiro atoms. The minimum absolute atomic E-state index is 0.0162. The highest BCUT2D eigenvalue weighted by Gasteiger charge is 2.18. The standard InChI is InChI=1S/C7H7BClNO3/c9-4-1-2-6(8(12)13)5(3-4)7(10)11/h1-3,12-13H,(H2,10,11). The van der Waals surface area contributed by atoms with Crippen molar-refractivity contribution in [3.8, 4) is 0 Å². The van der Waals surface area contributed by atoms with Crippen LogP contribution in [0.5, 0.6) is 0 Å². The highest BCUT2D eigenvalue weighted by molar-refractivity contribution is 6.60. The summed E-state index contributed by atoms with van der Waals surface area (Å²) in [5.74, 6) is -0.745. The Hall–Kier alpha value is -1.04. The van der Waals surface area contributed by atoms with Gasteiger partial charge in [-0.25, -0.2) is 0 Å². The third kappa shape index (κ3) is 2.21. The van der Waals surface area contributed by atoms with E-state index in [1.165, 1.54) is 18.2 Å². The van der Waals surface area contributed by atoms with Crippen LogP contribution in [0.4, 0.5) is 0 Å². The number of primary amides is 1. The molecule has 0 fully saturated rings. The van der Waals surface area contributed by atoms with Crippen LogP contribution < -0.4 is 11.2 Å². The Morgan fingerprint density at radius 1 is 1.46 bits per heavy atom. The fourth-order valence-electron chi connectivity index (χ4n) is 0.967. The van der Waals surface area contributed by atoms with Crippen molar-refractivity contribution in [1.82, 2.24) is 0 Å². The zero-order valence-corrected chi connectivity index (χ0v) is 7.32. The smallest absolute Gasteiger partial charge is 0.423 e. The predicted molar refractivity (Wildman–Crippen MR) is 49.8 cm³/mol. The van der Waals surface area contributed by atoms with E-state index < -0.39 is 13.0 Å². The van der Waals surface area contributed by atoms with E-state index in [-0.39, 0.29) is 11.0 Å². The number of benzene rings is 1. The molecule has 13 heavy (non-hydrogen) atoms. The molecule has 4 N–H and O–H groups in total. The van der Waals surface area contributed by atoms with E-state index in [1.807, 2.05) is 0 Å². The molecule has 0 heterocycles. The van der Waals surface area contributed by atoms with Gasteiger partial charge in [0.05, 0.1) is 0 Å². The monoisotopic (exact) mass is 199 g/mol. The van der Waals surface area contributed by atoms with Crippen LogP contribution in [-0.4, -0.2) is 23.1 Å². The highest BCUT2D eigenvalue weighted by Crippen LogP contribution is 2.08. The van der Waals surface area contributed by atoms with Crippen LogP contribution in [0.15, 0.2) is 18.2 Å². The molecule has 6 heteroatoms. The zero-order chi connectivity index (χ0) is 10.0. The number of nitrogens with two attached hydrogens (primary N) is 1. The van der Waals surface area contributed by atoms with Crippen LogP contribution in [0.25, 0.3) is 0 Å². The van der Waals surface area contributed by atoms with E-state index in [2.05, 4.69) is 0 Å². The Bertz CT molecular complexity index is 343. The fourth-order valence-corrected chi connectivity index (χ4v) is 1.14. The Balaban J connectivity index is 3.27. The maximum Gasteiger partial charge on any atom is 0.489 e. The molecule has 1 aromatic carbocycles. The van der Waals surface area contributed by atoms with Crippen molar-refractivity contribution in [2.45, 2.75) is 0 Å². The summed E-state index contributed by atoms with van der Waals surface area (Å²) in [6.45, 7) is 0. The highest BCUT2D eigenvalue weighted by atomic mass is 35.5. The van der Waals surface area contributed by atoms with Crippen molar-refractivity contribution in [3.05, 3.63) is 28.8 Å². The van der Waals surface area contributed by atoms with E-state index >= 15 is 0 Å². The molecule has 1 aromatic rings. The van der Waals surface area contributed by atoms with E-state index in [1.54, 1.807) is 0 Å². The second-order valence-corrected chi connectivity index (χ2v) is 2.91. The summed E-state index contributed by atoms with van der Waals surface area (Å²) >= 11 is 5.59. The quantitative estimate of drug-likeness (QED) is 0.541. The lowest BCUT2D eigenvalue weighted by atomic mass is 9.77. The lowest BCUT2D eigenvalue weighted by Crippen LogP contribution is -2.36. The minimum atomic E-state index is -1.72. The average Bonchev–Trinajstić information content (AvgIpc) is 2.03. The van der Waals surface area contributed by atoms with Gasteiger partial charge in [0.1, 0.15) is 0 Å². The van der Waals surface area contributed by atoms with Crippen molar-refractivity contribution in [1.29, 1.82) is 0 Å². The van der Waals surface area contributed by atoms with Crippen LogP contribution in [-0.2, 0) is 0 Å². The molecule has 68 valence electrons. The lowest BCUT2D eigenvalue weighted by Gasteiger charge is -2.05. The molecule has 0 aromatic heterocycles. The summed E-state index contributed by atoms with van der Waals surface area (Å²) in [4.78, 5) is 10.8. The van der Waals surface area contributed by atoms with Crippen molar-refractivity contribution >= 4 is 30.1 Å². The molecule has 0 aliphatic carbocycles. The molecule has 0 saturated heterocycles. The molecular weight excluding hydrogens is 192 g/mol. The summed E-state index contributed by atoms with van der Waals surface area (Å²) in [6.07, 6.45) is 0. The molecule has 0 atom stereocenters. The number of rotatable bonds is 2. The maximum atomic E-state index is 10.8. The van der Waals surface area contributed by atoms with Gasteiger partial charge in [-0.1, -0.05) is 17.7 Å². The first-order valence-electron chi connectivity index (χ1n) is 3.47. The van der Waals surface area contributed by atoms with Gasteiger partial charge >= 0.3 is 7.12 Å². The van der Waals surface area contributed by atoms with Crippen LogP contribution in [0.3, 0.4) is 0 Å². The third-order valence-corrected chi connectivity index (χ3v) is 1.79. The van der Waals surface area contributed by atoms with Crippen LogP contribution in [0.1, 0.15) is 10.4 Å². The molecule has 0 radical (unpaired) electrons. The average molecular weight is 199 g/mol.